The molecule has 0 aliphatic rings. The minimum absolute atomic E-state index is 0.168. The number of nitrogens with two attached hydrogens (primary N) is 1. The van der Waals surface area contributed by atoms with Crippen LogP contribution < -0.4 is 5.73 Å². The van der Waals surface area contributed by atoms with Gasteiger partial charge in [0.15, 0.2) is 0 Å². The van der Waals surface area contributed by atoms with Crippen molar-refractivity contribution in [2.24, 2.45) is 11.1 Å². The van der Waals surface area contributed by atoms with E-state index in [1.807, 2.05) is 6.07 Å². The molecule has 0 fully saturated rings. The van der Waals surface area contributed by atoms with Crippen LogP contribution in [0.5, 0.6) is 0 Å². The van der Waals surface area contributed by atoms with E-state index in [0.717, 1.165) is 17.1 Å². The van der Waals surface area contributed by atoms with Gasteiger partial charge in [0, 0.05) is 4.90 Å². The van der Waals surface area contributed by atoms with Gasteiger partial charge in [-0.3, -0.25) is 0 Å². The molecule has 0 aromatic heterocycles. The molecule has 84 valence electrons. The molecular formula is C12H18FNS. The van der Waals surface area contributed by atoms with Gasteiger partial charge in [0.25, 0.3) is 0 Å². The highest BCUT2D eigenvalue weighted by Crippen LogP contribution is 2.25. The molecule has 1 aromatic carbocycles. The molecular weight excluding hydrogens is 209 g/mol. The highest BCUT2D eigenvalue weighted by Gasteiger charge is 2.14. The van der Waals surface area contributed by atoms with Crippen LogP contribution in [0, 0.1) is 11.2 Å². The van der Waals surface area contributed by atoms with Gasteiger partial charge in [-0.15, -0.1) is 11.8 Å². The van der Waals surface area contributed by atoms with Crippen molar-refractivity contribution in [1.82, 2.24) is 0 Å². The zero-order valence-corrected chi connectivity index (χ0v) is 10.1. The van der Waals surface area contributed by atoms with Gasteiger partial charge in [0.1, 0.15) is 5.82 Å². The third-order valence-electron chi connectivity index (χ3n) is 2.40. The second kappa shape index (κ2) is 5.52. The number of hydrogen-bond donors (Lipinski definition) is 1. The Morgan fingerprint density at radius 2 is 2.13 bits per heavy atom. The van der Waals surface area contributed by atoms with Gasteiger partial charge in [-0.1, -0.05) is 19.9 Å². The smallest absolute Gasteiger partial charge is 0.124 e. The van der Waals surface area contributed by atoms with E-state index in [-0.39, 0.29) is 11.2 Å². The molecule has 0 spiro atoms. The summed E-state index contributed by atoms with van der Waals surface area (Å²) in [6, 6.07) is 6.71. The molecule has 0 saturated carbocycles. The predicted octanol–water partition coefficient (Wildman–Crippen LogP) is 3.29. The van der Waals surface area contributed by atoms with Crippen molar-refractivity contribution in [2.75, 3.05) is 12.3 Å². The topological polar surface area (TPSA) is 26.0 Å². The summed E-state index contributed by atoms with van der Waals surface area (Å²) in [6.07, 6.45) is 1.05. The minimum atomic E-state index is -0.168. The maximum absolute atomic E-state index is 12.9. The number of rotatable bonds is 5. The van der Waals surface area contributed by atoms with Crippen LogP contribution in [0.25, 0.3) is 0 Å². The van der Waals surface area contributed by atoms with Gasteiger partial charge in [-0.25, -0.2) is 4.39 Å². The Balaban J connectivity index is 2.38. The van der Waals surface area contributed by atoms with Crippen LogP contribution in [0.15, 0.2) is 29.2 Å². The summed E-state index contributed by atoms with van der Waals surface area (Å²) in [5, 5.41) is 0. The summed E-state index contributed by atoms with van der Waals surface area (Å²) < 4.78 is 12.9. The first-order valence-electron chi connectivity index (χ1n) is 5.12. The fourth-order valence-corrected chi connectivity index (χ4v) is 2.37. The fourth-order valence-electron chi connectivity index (χ4n) is 1.10. The summed E-state index contributed by atoms with van der Waals surface area (Å²) in [5.41, 5.74) is 5.82. The fraction of sp³-hybridized carbons (Fsp3) is 0.500. The van der Waals surface area contributed by atoms with Crippen molar-refractivity contribution in [3.8, 4) is 0 Å². The van der Waals surface area contributed by atoms with Gasteiger partial charge in [0.2, 0.25) is 0 Å². The average molecular weight is 227 g/mol. The Kier molecular flexibility index (Phi) is 4.61. The van der Waals surface area contributed by atoms with Crippen molar-refractivity contribution in [3.05, 3.63) is 30.1 Å². The van der Waals surface area contributed by atoms with Gasteiger partial charge >= 0.3 is 0 Å². The molecule has 0 heterocycles. The lowest BCUT2D eigenvalue weighted by Gasteiger charge is -2.21. The SMILES string of the molecule is CC(C)(CN)CCSc1cccc(F)c1. The third-order valence-corrected chi connectivity index (χ3v) is 3.39. The number of halogens is 1. The van der Waals surface area contributed by atoms with E-state index >= 15 is 0 Å². The lowest BCUT2D eigenvalue weighted by atomic mass is 9.91. The molecule has 0 bridgehead atoms. The molecule has 3 heteroatoms. The van der Waals surface area contributed by atoms with Crippen molar-refractivity contribution < 1.29 is 4.39 Å². The second-order valence-corrected chi connectivity index (χ2v) is 5.59. The molecule has 0 aliphatic heterocycles. The van der Waals surface area contributed by atoms with Crippen molar-refractivity contribution in [2.45, 2.75) is 25.2 Å². The van der Waals surface area contributed by atoms with Crippen LogP contribution in [0.3, 0.4) is 0 Å². The average Bonchev–Trinajstić information content (AvgIpc) is 2.18. The number of benzene rings is 1. The summed E-state index contributed by atoms with van der Waals surface area (Å²) in [4.78, 5) is 0.989. The highest BCUT2D eigenvalue weighted by molar-refractivity contribution is 7.99. The zero-order valence-electron chi connectivity index (χ0n) is 9.29. The lowest BCUT2D eigenvalue weighted by molar-refractivity contribution is 0.368. The monoisotopic (exact) mass is 227 g/mol. The van der Waals surface area contributed by atoms with Gasteiger partial charge in [-0.2, -0.15) is 0 Å². The van der Waals surface area contributed by atoms with E-state index in [9.17, 15) is 4.39 Å². The molecule has 0 unspecified atom stereocenters. The molecule has 0 atom stereocenters. The van der Waals surface area contributed by atoms with Crippen LogP contribution in [-0.2, 0) is 0 Å². The van der Waals surface area contributed by atoms with E-state index in [4.69, 9.17) is 5.73 Å². The summed E-state index contributed by atoms with van der Waals surface area (Å²) in [7, 11) is 0. The standard InChI is InChI=1S/C12H18FNS/c1-12(2,9-14)6-7-15-11-5-3-4-10(13)8-11/h3-5,8H,6-7,9,14H2,1-2H3. The third kappa shape index (κ3) is 4.67. The van der Waals surface area contributed by atoms with E-state index in [0.29, 0.717) is 6.54 Å². The normalized spacial score (nSPS) is 11.7. The first kappa shape index (κ1) is 12.5. The minimum Gasteiger partial charge on any atom is -0.330 e. The Bertz CT molecular complexity index is 312. The summed E-state index contributed by atoms with van der Waals surface area (Å²) >= 11 is 1.68. The number of thioether (sulfide) groups is 1. The maximum Gasteiger partial charge on any atom is 0.124 e. The quantitative estimate of drug-likeness (QED) is 0.781. The van der Waals surface area contributed by atoms with E-state index in [1.165, 1.54) is 6.07 Å². The molecule has 1 rings (SSSR count). The summed E-state index contributed by atoms with van der Waals surface area (Å²) in [5.74, 6) is 0.811. The van der Waals surface area contributed by atoms with Crippen molar-refractivity contribution in [1.29, 1.82) is 0 Å². The molecule has 0 saturated heterocycles. The largest absolute Gasteiger partial charge is 0.330 e. The van der Waals surface area contributed by atoms with Gasteiger partial charge < -0.3 is 5.73 Å². The number of hydrogen-bond acceptors (Lipinski definition) is 2. The van der Waals surface area contributed by atoms with E-state index < -0.39 is 0 Å². The Hall–Kier alpha value is -0.540. The first-order chi connectivity index (χ1) is 7.03. The highest BCUT2D eigenvalue weighted by atomic mass is 32.2. The molecule has 1 aromatic rings. The Morgan fingerprint density at radius 3 is 2.73 bits per heavy atom. The molecule has 1 nitrogen and oxygen atoms in total. The van der Waals surface area contributed by atoms with Crippen molar-refractivity contribution >= 4 is 11.8 Å². The van der Waals surface area contributed by atoms with E-state index in [1.54, 1.807) is 23.9 Å². The van der Waals surface area contributed by atoms with Gasteiger partial charge in [0.05, 0.1) is 0 Å². The van der Waals surface area contributed by atoms with Crippen LogP contribution in [0.1, 0.15) is 20.3 Å². The molecule has 0 radical (unpaired) electrons. The Morgan fingerprint density at radius 1 is 1.40 bits per heavy atom. The van der Waals surface area contributed by atoms with Crippen LogP contribution in [0.4, 0.5) is 4.39 Å². The first-order valence-corrected chi connectivity index (χ1v) is 6.10. The Labute approximate surface area is 95.2 Å². The van der Waals surface area contributed by atoms with E-state index in [2.05, 4.69) is 13.8 Å². The van der Waals surface area contributed by atoms with Crippen molar-refractivity contribution in [3.63, 3.8) is 0 Å². The molecule has 2 N–H and O–H groups in total. The molecule has 15 heavy (non-hydrogen) atoms. The second-order valence-electron chi connectivity index (χ2n) is 4.42. The van der Waals surface area contributed by atoms with Gasteiger partial charge in [-0.05, 0) is 42.3 Å². The zero-order chi connectivity index (χ0) is 11.3. The van der Waals surface area contributed by atoms with Crippen LogP contribution in [-0.4, -0.2) is 12.3 Å². The van der Waals surface area contributed by atoms with Crippen LogP contribution >= 0.6 is 11.8 Å². The molecule has 0 aliphatic carbocycles. The maximum atomic E-state index is 12.9. The lowest BCUT2D eigenvalue weighted by Crippen LogP contribution is -2.23. The molecule has 0 amide bonds. The summed E-state index contributed by atoms with van der Waals surface area (Å²) in [6.45, 7) is 5.00. The predicted molar refractivity (Wildman–Crippen MR) is 64.6 cm³/mol. The van der Waals surface area contributed by atoms with Crippen LogP contribution in [0.2, 0.25) is 0 Å².